The van der Waals surface area contributed by atoms with Gasteiger partial charge in [0.25, 0.3) is 0 Å². The van der Waals surface area contributed by atoms with E-state index in [9.17, 15) is 4.79 Å². The highest BCUT2D eigenvalue weighted by atomic mass is 16.2. The Morgan fingerprint density at radius 3 is 2.62 bits per heavy atom. The zero-order chi connectivity index (χ0) is 10.4. The lowest BCUT2D eigenvalue weighted by Gasteiger charge is -2.21. The molecule has 0 heterocycles. The standard InChI is InChI=1S/C9H17N3O/c1-4-8(11)9(13)12(3)6-7(2)5-10/h7-8H,4,6,11H2,1-3H3. The molecule has 0 saturated carbocycles. The Morgan fingerprint density at radius 2 is 2.23 bits per heavy atom. The van der Waals surface area contributed by atoms with Crippen LogP contribution in [0.25, 0.3) is 0 Å². The van der Waals surface area contributed by atoms with Crippen LogP contribution in [0.15, 0.2) is 0 Å². The largest absolute Gasteiger partial charge is 0.343 e. The minimum atomic E-state index is -0.434. The lowest BCUT2D eigenvalue weighted by atomic mass is 10.1. The van der Waals surface area contributed by atoms with Crippen LogP contribution in [0.5, 0.6) is 0 Å². The van der Waals surface area contributed by atoms with Crippen LogP contribution in [0, 0.1) is 17.2 Å². The molecule has 0 aromatic heterocycles. The number of carbonyl (C=O) groups is 1. The maximum atomic E-state index is 11.4. The van der Waals surface area contributed by atoms with E-state index in [0.717, 1.165) is 0 Å². The summed E-state index contributed by atoms with van der Waals surface area (Å²) in [6.07, 6.45) is 0.629. The Morgan fingerprint density at radius 1 is 1.69 bits per heavy atom. The van der Waals surface area contributed by atoms with Crippen LogP contribution in [-0.4, -0.2) is 30.4 Å². The molecule has 4 nitrogen and oxygen atoms in total. The summed E-state index contributed by atoms with van der Waals surface area (Å²) >= 11 is 0. The Bertz CT molecular complexity index is 209. The van der Waals surface area contributed by atoms with Gasteiger partial charge in [0, 0.05) is 13.6 Å². The summed E-state index contributed by atoms with van der Waals surface area (Å²) in [7, 11) is 1.67. The molecule has 0 spiro atoms. The van der Waals surface area contributed by atoms with E-state index in [4.69, 9.17) is 11.0 Å². The van der Waals surface area contributed by atoms with Crippen molar-refractivity contribution in [3.05, 3.63) is 0 Å². The topological polar surface area (TPSA) is 70.1 Å². The van der Waals surface area contributed by atoms with Gasteiger partial charge in [-0.2, -0.15) is 5.26 Å². The Hall–Kier alpha value is -1.08. The molecule has 0 aliphatic rings. The molecule has 0 radical (unpaired) electrons. The molecule has 2 N–H and O–H groups in total. The van der Waals surface area contributed by atoms with Gasteiger partial charge in [-0.05, 0) is 13.3 Å². The summed E-state index contributed by atoms with van der Waals surface area (Å²) in [4.78, 5) is 12.9. The molecular weight excluding hydrogens is 166 g/mol. The SMILES string of the molecule is CCC(N)C(=O)N(C)CC(C)C#N. The first kappa shape index (κ1) is 11.9. The van der Waals surface area contributed by atoms with Gasteiger partial charge in [0.2, 0.25) is 5.91 Å². The molecule has 2 atom stereocenters. The normalized spacial score (nSPS) is 14.4. The minimum Gasteiger partial charge on any atom is -0.343 e. The van der Waals surface area contributed by atoms with Crippen LogP contribution >= 0.6 is 0 Å². The number of nitrogens with zero attached hydrogens (tertiary/aromatic N) is 2. The summed E-state index contributed by atoms with van der Waals surface area (Å²) in [6, 6.07) is 1.64. The molecule has 0 rings (SSSR count). The Kier molecular flexibility index (Phi) is 5.09. The van der Waals surface area contributed by atoms with Gasteiger partial charge in [0.05, 0.1) is 18.0 Å². The summed E-state index contributed by atoms with van der Waals surface area (Å²) in [6.45, 7) is 4.09. The van der Waals surface area contributed by atoms with Crippen molar-refractivity contribution in [3.8, 4) is 6.07 Å². The molecule has 0 bridgehead atoms. The first-order valence-electron chi connectivity index (χ1n) is 4.43. The summed E-state index contributed by atoms with van der Waals surface area (Å²) in [5, 5.41) is 8.54. The molecule has 4 heteroatoms. The van der Waals surface area contributed by atoms with E-state index in [1.807, 2.05) is 6.92 Å². The molecule has 0 aromatic carbocycles. The van der Waals surface area contributed by atoms with Gasteiger partial charge in [0.15, 0.2) is 0 Å². The van der Waals surface area contributed by atoms with Gasteiger partial charge in [-0.15, -0.1) is 0 Å². The average molecular weight is 183 g/mol. The lowest BCUT2D eigenvalue weighted by Crippen LogP contribution is -2.42. The van der Waals surface area contributed by atoms with Crippen LogP contribution < -0.4 is 5.73 Å². The van der Waals surface area contributed by atoms with Crippen molar-refractivity contribution in [2.45, 2.75) is 26.3 Å². The first-order valence-corrected chi connectivity index (χ1v) is 4.43. The molecule has 1 amide bonds. The van der Waals surface area contributed by atoms with Crippen molar-refractivity contribution < 1.29 is 4.79 Å². The van der Waals surface area contributed by atoms with E-state index in [0.29, 0.717) is 13.0 Å². The number of hydrogen-bond donors (Lipinski definition) is 1. The average Bonchev–Trinajstić information content (AvgIpc) is 2.14. The molecule has 0 aliphatic heterocycles. The molecule has 13 heavy (non-hydrogen) atoms. The van der Waals surface area contributed by atoms with Crippen LogP contribution in [0.4, 0.5) is 0 Å². The maximum absolute atomic E-state index is 11.4. The van der Waals surface area contributed by atoms with E-state index >= 15 is 0 Å². The van der Waals surface area contributed by atoms with Crippen molar-refractivity contribution in [1.82, 2.24) is 4.90 Å². The number of nitrogens with two attached hydrogens (primary N) is 1. The lowest BCUT2D eigenvalue weighted by molar-refractivity contribution is -0.131. The summed E-state index contributed by atoms with van der Waals surface area (Å²) in [5.74, 6) is -0.234. The third-order valence-corrected chi connectivity index (χ3v) is 1.90. The highest BCUT2D eigenvalue weighted by molar-refractivity contribution is 5.81. The van der Waals surface area contributed by atoms with Gasteiger partial charge in [-0.25, -0.2) is 0 Å². The number of amides is 1. The monoisotopic (exact) mass is 183 g/mol. The van der Waals surface area contributed by atoms with Gasteiger partial charge in [0.1, 0.15) is 0 Å². The third-order valence-electron chi connectivity index (χ3n) is 1.90. The van der Waals surface area contributed by atoms with E-state index in [1.54, 1.807) is 14.0 Å². The van der Waals surface area contributed by atoms with Gasteiger partial charge < -0.3 is 10.6 Å². The summed E-state index contributed by atoms with van der Waals surface area (Å²) in [5.41, 5.74) is 5.56. The van der Waals surface area contributed by atoms with Gasteiger partial charge in [-0.1, -0.05) is 6.92 Å². The second kappa shape index (κ2) is 5.55. The molecule has 0 aromatic rings. The Balaban J connectivity index is 4.05. The molecule has 0 aliphatic carbocycles. The number of likely N-dealkylation sites (N-methyl/N-ethyl adjacent to an activating group) is 1. The van der Waals surface area contributed by atoms with E-state index in [2.05, 4.69) is 6.07 Å². The van der Waals surface area contributed by atoms with Crippen LogP contribution in [-0.2, 0) is 4.79 Å². The number of carbonyl (C=O) groups excluding carboxylic acids is 1. The van der Waals surface area contributed by atoms with Crippen LogP contribution in [0.2, 0.25) is 0 Å². The predicted octanol–water partition coefficient (Wildman–Crippen LogP) is 0.342. The first-order chi connectivity index (χ1) is 6.02. The zero-order valence-corrected chi connectivity index (χ0v) is 8.45. The van der Waals surface area contributed by atoms with Crippen molar-refractivity contribution in [1.29, 1.82) is 5.26 Å². The van der Waals surface area contributed by atoms with Gasteiger partial charge in [-0.3, -0.25) is 4.79 Å². The predicted molar refractivity (Wildman–Crippen MR) is 50.7 cm³/mol. The van der Waals surface area contributed by atoms with Gasteiger partial charge >= 0.3 is 0 Å². The molecular formula is C9H17N3O. The molecule has 0 fully saturated rings. The smallest absolute Gasteiger partial charge is 0.239 e. The van der Waals surface area contributed by atoms with Crippen LogP contribution in [0.1, 0.15) is 20.3 Å². The fraction of sp³-hybridized carbons (Fsp3) is 0.778. The van der Waals surface area contributed by atoms with Crippen molar-refractivity contribution in [2.75, 3.05) is 13.6 Å². The number of hydrogen-bond acceptors (Lipinski definition) is 3. The highest BCUT2D eigenvalue weighted by Gasteiger charge is 2.17. The molecule has 0 saturated heterocycles. The highest BCUT2D eigenvalue weighted by Crippen LogP contribution is 1.99. The van der Waals surface area contributed by atoms with Crippen molar-refractivity contribution in [3.63, 3.8) is 0 Å². The Labute approximate surface area is 79.3 Å². The maximum Gasteiger partial charge on any atom is 0.239 e. The number of rotatable bonds is 4. The molecule has 74 valence electrons. The fourth-order valence-electron chi connectivity index (χ4n) is 0.999. The van der Waals surface area contributed by atoms with Crippen LogP contribution in [0.3, 0.4) is 0 Å². The number of nitriles is 1. The quantitative estimate of drug-likeness (QED) is 0.683. The van der Waals surface area contributed by atoms with Crippen molar-refractivity contribution in [2.24, 2.45) is 11.7 Å². The third kappa shape index (κ3) is 3.90. The molecule has 2 unspecified atom stereocenters. The second-order valence-corrected chi connectivity index (χ2v) is 3.26. The summed E-state index contributed by atoms with van der Waals surface area (Å²) < 4.78 is 0. The van der Waals surface area contributed by atoms with E-state index in [1.165, 1.54) is 4.90 Å². The van der Waals surface area contributed by atoms with E-state index < -0.39 is 6.04 Å². The van der Waals surface area contributed by atoms with Crippen molar-refractivity contribution >= 4 is 5.91 Å². The zero-order valence-electron chi connectivity index (χ0n) is 8.45. The van der Waals surface area contributed by atoms with E-state index in [-0.39, 0.29) is 11.8 Å². The minimum absolute atomic E-state index is 0.0930. The second-order valence-electron chi connectivity index (χ2n) is 3.26. The fourth-order valence-corrected chi connectivity index (χ4v) is 0.999.